The number of fused-ring (bicyclic) bond motifs is 2. The van der Waals surface area contributed by atoms with E-state index in [0.29, 0.717) is 40.7 Å². The summed E-state index contributed by atoms with van der Waals surface area (Å²) in [7, 11) is 1.51. The van der Waals surface area contributed by atoms with E-state index < -0.39 is 11.9 Å². The molecule has 2 aromatic heterocycles. The van der Waals surface area contributed by atoms with E-state index in [2.05, 4.69) is 4.98 Å². The molecule has 3 heterocycles. The molecule has 0 saturated carbocycles. The van der Waals surface area contributed by atoms with E-state index in [9.17, 15) is 18.0 Å². The summed E-state index contributed by atoms with van der Waals surface area (Å²) in [5.41, 5.74) is 1.83. The number of hydrogen-bond acceptors (Lipinski definition) is 5. The number of nitrogens with zero attached hydrogens (tertiary/aromatic N) is 2. The third-order valence-corrected chi connectivity index (χ3v) is 4.88. The topological polar surface area (TPSA) is 64.8 Å². The molecule has 0 spiro atoms. The Hall–Kier alpha value is -3.49. The number of aromatic nitrogens is 1. The number of pyridine rings is 1. The molecule has 0 N–H and O–H groups in total. The molecule has 0 radical (unpaired) electrons. The van der Waals surface area contributed by atoms with E-state index in [1.807, 2.05) is 6.92 Å². The minimum absolute atomic E-state index is 0.0107. The first-order chi connectivity index (χ1) is 14.3. The Morgan fingerprint density at radius 1 is 1.17 bits per heavy atom. The quantitative estimate of drug-likeness (QED) is 0.538. The van der Waals surface area contributed by atoms with E-state index in [4.69, 9.17) is 13.9 Å². The van der Waals surface area contributed by atoms with Crippen molar-refractivity contribution in [3.8, 4) is 17.4 Å². The number of rotatable bonds is 5. The fourth-order valence-electron chi connectivity index (χ4n) is 3.48. The third kappa shape index (κ3) is 3.47. The first-order valence-corrected chi connectivity index (χ1v) is 9.05. The lowest BCUT2D eigenvalue weighted by atomic mass is 9.91. The van der Waals surface area contributed by atoms with Gasteiger partial charge in [0.15, 0.2) is 0 Å². The number of furan rings is 1. The van der Waals surface area contributed by atoms with Gasteiger partial charge in [-0.25, -0.2) is 4.98 Å². The maximum Gasteiger partial charge on any atom is 0.449 e. The Kier molecular flexibility index (Phi) is 4.89. The Bertz CT molecular complexity index is 1090. The molecule has 0 fully saturated rings. The summed E-state index contributed by atoms with van der Waals surface area (Å²) in [6.45, 7) is 1.74. The molecule has 0 aliphatic carbocycles. The maximum absolute atomic E-state index is 12.8. The molecule has 0 bridgehead atoms. The smallest absolute Gasteiger partial charge is 0.449 e. The Morgan fingerprint density at radius 2 is 1.97 bits per heavy atom. The van der Waals surface area contributed by atoms with Gasteiger partial charge >= 0.3 is 6.18 Å². The van der Waals surface area contributed by atoms with Crippen molar-refractivity contribution >= 4 is 12.1 Å². The van der Waals surface area contributed by atoms with Gasteiger partial charge < -0.3 is 18.8 Å². The molecule has 156 valence electrons. The summed E-state index contributed by atoms with van der Waals surface area (Å²) in [5.74, 6) is 0.192. The van der Waals surface area contributed by atoms with Crippen LogP contribution in [0.15, 0.2) is 46.9 Å². The van der Waals surface area contributed by atoms with Crippen LogP contribution in [0.2, 0.25) is 0 Å². The zero-order valence-electron chi connectivity index (χ0n) is 16.1. The Balaban J connectivity index is 1.70. The molecule has 1 unspecified atom stereocenters. The highest BCUT2D eigenvalue weighted by Gasteiger charge is 2.35. The van der Waals surface area contributed by atoms with Crippen molar-refractivity contribution in [1.82, 2.24) is 4.98 Å². The van der Waals surface area contributed by atoms with Gasteiger partial charge in [0.25, 0.3) is 0 Å². The molecule has 3 aromatic rings. The minimum atomic E-state index is -4.59. The summed E-state index contributed by atoms with van der Waals surface area (Å²) in [4.78, 5) is 17.6. The van der Waals surface area contributed by atoms with Crippen LogP contribution < -0.4 is 14.4 Å². The number of carbonyl (C=O) groups is 1. The zero-order valence-corrected chi connectivity index (χ0v) is 16.1. The molecule has 0 saturated heterocycles. The first kappa shape index (κ1) is 19.8. The SMILES string of the molecule is COc1ccc2c(n1)C(C)c1c(cccc1N(C=O)Cc1ccc(C(F)(F)F)o1)O2. The van der Waals surface area contributed by atoms with Crippen LogP contribution in [0.5, 0.6) is 17.4 Å². The van der Waals surface area contributed by atoms with Gasteiger partial charge in [0.2, 0.25) is 18.1 Å². The predicted octanol–water partition coefficient (Wildman–Crippen LogP) is 5.12. The number of hydrogen-bond donors (Lipinski definition) is 0. The van der Waals surface area contributed by atoms with Crippen molar-refractivity contribution in [2.45, 2.75) is 25.6 Å². The van der Waals surface area contributed by atoms with E-state index in [0.717, 1.165) is 6.07 Å². The number of halogens is 3. The second-order valence-corrected chi connectivity index (χ2v) is 6.75. The zero-order chi connectivity index (χ0) is 21.5. The lowest BCUT2D eigenvalue weighted by Gasteiger charge is -2.29. The van der Waals surface area contributed by atoms with Crippen molar-refractivity contribution in [3.05, 3.63) is 65.2 Å². The highest BCUT2D eigenvalue weighted by Crippen LogP contribution is 2.47. The number of anilines is 1. The van der Waals surface area contributed by atoms with E-state index in [1.165, 1.54) is 18.1 Å². The molecule has 9 heteroatoms. The summed E-state index contributed by atoms with van der Waals surface area (Å²) in [6, 6.07) is 10.7. The molecule has 1 aliphatic heterocycles. The Labute approximate surface area is 169 Å². The lowest BCUT2D eigenvalue weighted by molar-refractivity contribution is -0.153. The van der Waals surface area contributed by atoms with Crippen LogP contribution in [0.3, 0.4) is 0 Å². The van der Waals surface area contributed by atoms with E-state index in [1.54, 1.807) is 30.3 Å². The van der Waals surface area contributed by atoms with Crippen LogP contribution in [0.25, 0.3) is 0 Å². The van der Waals surface area contributed by atoms with Crippen LogP contribution >= 0.6 is 0 Å². The van der Waals surface area contributed by atoms with Gasteiger partial charge in [-0.05, 0) is 30.3 Å². The van der Waals surface area contributed by atoms with E-state index in [-0.39, 0.29) is 18.2 Å². The van der Waals surface area contributed by atoms with Crippen molar-refractivity contribution in [3.63, 3.8) is 0 Å². The number of benzene rings is 1. The van der Waals surface area contributed by atoms with Crippen molar-refractivity contribution in [1.29, 1.82) is 0 Å². The molecule has 1 amide bonds. The van der Waals surface area contributed by atoms with Gasteiger partial charge in [-0.2, -0.15) is 13.2 Å². The molecular formula is C21H17F3N2O4. The maximum atomic E-state index is 12.8. The Morgan fingerprint density at radius 3 is 2.63 bits per heavy atom. The second kappa shape index (κ2) is 7.40. The van der Waals surface area contributed by atoms with Gasteiger partial charge in [0.05, 0.1) is 25.0 Å². The number of ether oxygens (including phenoxy) is 2. The molecule has 6 nitrogen and oxygen atoms in total. The summed E-state index contributed by atoms with van der Waals surface area (Å²) < 4.78 is 54.4. The average Bonchev–Trinajstić information content (AvgIpc) is 3.21. The fraction of sp³-hybridized carbons (Fsp3) is 0.238. The van der Waals surface area contributed by atoms with Crippen LogP contribution in [0.4, 0.5) is 18.9 Å². The fourth-order valence-corrected chi connectivity index (χ4v) is 3.48. The highest BCUT2D eigenvalue weighted by atomic mass is 19.4. The molecule has 1 aromatic carbocycles. The number of alkyl halides is 3. The number of methoxy groups -OCH3 is 1. The summed E-state index contributed by atoms with van der Waals surface area (Å²) in [6.07, 6.45) is -4.04. The third-order valence-electron chi connectivity index (χ3n) is 4.88. The number of amides is 1. The summed E-state index contributed by atoms with van der Waals surface area (Å²) in [5, 5.41) is 0. The standard InChI is InChI=1S/C21H17F3N2O4/c1-12-19-14(26(11-27)10-13-6-8-17(29-13)21(22,23)24)4-3-5-15(19)30-16-7-9-18(28-2)25-20(12)16/h3-9,11-12H,10H2,1-2H3. The van der Waals surface area contributed by atoms with Crippen molar-refractivity contribution in [2.75, 3.05) is 12.0 Å². The average molecular weight is 418 g/mol. The van der Waals surface area contributed by atoms with Crippen LogP contribution in [0.1, 0.15) is 35.6 Å². The molecule has 1 atom stereocenters. The predicted molar refractivity (Wildman–Crippen MR) is 101 cm³/mol. The van der Waals surface area contributed by atoms with Crippen LogP contribution in [-0.2, 0) is 17.5 Å². The lowest BCUT2D eigenvalue weighted by Crippen LogP contribution is -2.23. The second-order valence-electron chi connectivity index (χ2n) is 6.75. The minimum Gasteiger partial charge on any atom is -0.481 e. The van der Waals surface area contributed by atoms with Gasteiger partial charge in [-0.15, -0.1) is 0 Å². The van der Waals surface area contributed by atoms with Crippen LogP contribution in [-0.4, -0.2) is 18.5 Å². The van der Waals surface area contributed by atoms with Gasteiger partial charge in [0.1, 0.15) is 17.3 Å². The molecule has 30 heavy (non-hydrogen) atoms. The normalized spacial score (nSPS) is 15.0. The summed E-state index contributed by atoms with van der Waals surface area (Å²) >= 11 is 0. The number of carbonyl (C=O) groups excluding carboxylic acids is 1. The monoisotopic (exact) mass is 418 g/mol. The van der Waals surface area contributed by atoms with Crippen molar-refractivity contribution < 1.29 is 31.9 Å². The largest absolute Gasteiger partial charge is 0.481 e. The van der Waals surface area contributed by atoms with Gasteiger partial charge in [-0.1, -0.05) is 13.0 Å². The first-order valence-electron chi connectivity index (χ1n) is 9.05. The highest BCUT2D eigenvalue weighted by molar-refractivity contribution is 5.80. The van der Waals surface area contributed by atoms with Crippen LogP contribution in [0, 0.1) is 0 Å². The molecule has 1 aliphatic rings. The van der Waals surface area contributed by atoms with Gasteiger partial charge in [-0.3, -0.25) is 4.79 Å². The van der Waals surface area contributed by atoms with Crippen molar-refractivity contribution in [2.24, 2.45) is 0 Å². The molecule has 4 rings (SSSR count). The van der Waals surface area contributed by atoms with E-state index >= 15 is 0 Å². The van der Waals surface area contributed by atoms with Gasteiger partial charge in [0, 0.05) is 17.5 Å². The molecular weight excluding hydrogens is 401 g/mol.